The van der Waals surface area contributed by atoms with Gasteiger partial charge in [-0.25, -0.2) is 8.42 Å². The topological polar surface area (TPSA) is 55.4 Å². The third kappa shape index (κ3) is 5.14. The minimum atomic E-state index is -4.52. The standard InChI is InChI=1S/C14H11BrF3NO3S/c15-10-5-7-11(8-6-10)23(20,21)19-12-3-1-2-4-13(12)22-9-14(16,17)18/h1-8,19H,9H2. The van der Waals surface area contributed by atoms with Crippen LogP contribution in [0.1, 0.15) is 0 Å². The Morgan fingerprint density at radius 3 is 2.26 bits per heavy atom. The molecule has 9 heteroatoms. The summed E-state index contributed by atoms with van der Waals surface area (Å²) >= 11 is 3.19. The number of benzene rings is 2. The lowest BCUT2D eigenvalue weighted by molar-refractivity contribution is -0.153. The van der Waals surface area contributed by atoms with Gasteiger partial charge in [-0.05, 0) is 36.4 Å². The van der Waals surface area contributed by atoms with E-state index in [4.69, 9.17) is 0 Å². The average molecular weight is 410 g/mol. The number of anilines is 1. The van der Waals surface area contributed by atoms with Gasteiger partial charge in [-0.15, -0.1) is 0 Å². The number of para-hydroxylation sites is 2. The molecule has 23 heavy (non-hydrogen) atoms. The van der Waals surface area contributed by atoms with Crippen LogP contribution in [-0.4, -0.2) is 21.2 Å². The molecule has 0 aliphatic heterocycles. The molecule has 124 valence electrons. The van der Waals surface area contributed by atoms with E-state index in [2.05, 4.69) is 25.4 Å². The second-order valence-corrected chi connectivity index (χ2v) is 7.06. The van der Waals surface area contributed by atoms with Crippen LogP contribution in [0.2, 0.25) is 0 Å². The summed E-state index contributed by atoms with van der Waals surface area (Å²) in [5.74, 6) is -0.203. The van der Waals surface area contributed by atoms with Crippen LogP contribution < -0.4 is 9.46 Å². The molecule has 0 spiro atoms. The fraction of sp³-hybridized carbons (Fsp3) is 0.143. The third-order valence-corrected chi connectivity index (χ3v) is 4.56. The highest BCUT2D eigenvalue weighted by atomic mass is 79.9. The van der Waals surface area contributed by atoms with E-state index in [-0.39, 0.29) is 16.3 Å². The van der Waals surface area contributed by atoms with Crippen molar-refractivity contribution in [1.82, 2.24) is 0 Å². The second-order valence-electron chi connectivity index (χ2n) is 4.46. The molecular formula is C14H11BrF3NO3S. The smallest absolute Gasteiger partial charge is 0.422 e. The van der Waals surface area contributed by atoms with Gasteiger partial charge in [-0.1, -0.05) is 28.1 Å². The van der Waals surface area contributed by atoms with Crippen molar-refractivity contribution in [1.29, 1.82) is 0 Å². The maximum absolute atomic E-state index is 12.3. The molecule has 0 aliphatic rings. The Morgan fingerprint density at radius 2 is 1.65 bits per heavy atom. The van der Waals surface area contributed by atoms with Crippen molar-refractivity contribution < 1.29 is 26.3 Å². The summed E-state index contributed by atoms with van der Waals surface area (Å²) in [6, 6.07) is 11.3. The van der Waals surface area contributed by atoms with Crippen molar-refractivity contribution in [3.05, 3.63) is 53.0 Å². The Balaban J connectivity index is 2.24. The minimum Gasteiger partial charge on any atom is -0.482 e. The van der Waals surface area contributed by atoms with E-state index in [0.717, 1.165) is 0 Å². The van der Waals surface area contributed by atoms with E-state index in [1.54, 1.807) is 12.1 Å². The molecule has 0 amide bonds. The maximum Gasteiger partial charge on any atom is 0.422 e. The lowest BCUT2D eigenvalue weighted by Crippen LogP contribution is -2.20. The van der Waals surface area contributed by atoms with Crippen molar-refractivity contribution in [3.63, 3.8) is 0 Å². The van der Waals surface area contributed by atoms with Crippen LogP contribution in [0, 0.1) is 0 Å². The van der Waals surface area contributed by atoms with Crippen LogP contribution in [-0.2, 0) is 10.0 Å². The summed E-state index contributed by atoms with van der Waals surface area (Å²) in [7, 11) is -3.94. The Morgan fingerprint density at radius 1 is 1.04 bits per heavy atom. The van der Waals surface area contributed by atoms with Gasteiger partial charge in [-0.2, -0.15) is 13.2 Å². The van der Waals surface area contributed by atoms with Gasteiger partial charge in [0.15, 0.2) is 6.61 Å². The largest absolute Gasteiger partial charge is 0.482 e. The van der Waals surface area contributed by atoms with Gasteiger partial charge in [0.25, 0.3) is 10.0 Å². The normalized spacial score (nSPS) is 12.0. The van der Waals surface area contributed by atoms with Crippen LogP contribution in [0.4, 0.5) is 18.9 Å². The molecule has 2 aromatic carbocycles. The molecule has 0 heterocycles. The first kappa shape index (κ1) is 17.6. The van der Waals surface area contributed by atoms with Gasteiger partial charge in [0, 0.05) is 4.47 Å². The molecule has 0 atom stereocenters. The van der Waals surface area contributed by atoms with Gasteiger partial charge in [0.2, 0.25) is 0 Å². The zero-order valence-electron chi connectivity index (χ0n) is 11.5. The Bertz CT molecular complexity index is 777. The number of sulfonamides is 1. The summed E-state index contributed by atoms with van der Waals surface area (Å²) < 4.78 is 68.8. The van der Waals surface area contributed by atoms with Gasteiger partial charge in [-0.3, -0.25) is 4.72 Å². The number of hydrogen-bond acceptors (Lipinski definition) is 3. The molecule has 2 rings (SSSR count). The van der Waals surface area contributed by atoms with Crippen LogP contribution in [0.5, 0.6) is 5.75 Å². The highest BCUT2D eigenvalue weighted by Gasteiger charge is 2.29. The van der Waals surface area contributed by atoms with Crippen molar-refractivity contribution in [2.45, 2.75) is 11.1 Å². The SMILES string of the molecule is O=S(=O)(Nc1ccccc1OCC(F)(F)F)c1ccc(Br)cc1. The first-order valence-corrected chi connectivity index (χ1v) is 8.52. The number of hydrogen-bond donors (Lipinski definition) is 1. The van der Waals surface area contributed by atoms with Crippen LogP contribution in [0.15, 0.2) is 57.9 Å². The monoisotopic (exact) mass is 409 g/mol. The minimum absolute atomic E-state index is 0.0219. The van der Waals surface area contributed by atoms with Crippen molar-refractivity contribution in [3.8, 4) is 5.75 Å². The van der Waals surface area contributed by atoms with E-state index in [1.807, 2.05) is 0 Å². The van der Waals surface area contributed by atoms with Gasteiger partial charge in [0.1, 0.15) is 5.75 Å². The highest BCUT2D eigenvalue weighted by Crippen LogP contribution is 2.28. The van der Waals surface area contributed by atoms with E-state index in [0.29, 0.717) is 4.47 Å². The molecule has 2 aromatic rings. The van der Waals surface area contributed by atoms with Crippen molar-refractivity contribution in [2.75, 3.05) is 11.3 Å². The summed E-state index contributed by atoms with van der Waals surface area (Å²) in [6.07, 6.45) is -4.52. The Labute approximate surface area is 139 Å². The lowest BCUT2D eigenvalue weighted by Gasteiger charge is -2.14. The van der Waals surface area contributed by atoms with Gasteiger partial charge < -0.3 is 4.74 Å². The lowest BCUT2D eigenvalue weighted by atomic mass is 10.3. The fourth-order valence-corrected chi connectivity index (χ4v) is 2.99. The number of ether oxygens (including phenoxy) is 1. The molecule has 0 aliphatic carbocycles. The number of rotatable bonds is 5. The van der Waals surface area contributed by atoms with Crippen LogP contribution in [0.3, 0.4) is 0 Å². The number of alkyl halides is 3. The van der Waals surface area contributed by atoms with E-state index in [9.17, 15) is 21.6 Å². The maximum atomic E-state index is 12.3. The van der Waals surface area contributed by atoms with Crippen LogP contribution >= 0.6 is 15.9 Å². The molecule has 0 saturated heterocycles. The van der Waals surface area contributed by atoms with Gasteiger partial charge >= 0.3 is 6.18 Å². The molecule has 0 bridgehead atoms. The molecule has 0 saturated carbocycles. The van der Waals surface area contributed by atoms with E-state index < -0.39 is 22.8 Å². The number of halogens is 4. The predicted octanol–water partition coefficient (Wildman–Crippen LogP) is 4.19. The number of nitrogens with one attached hydrogen (secondary N) is 1. The fourth-order valence-electron chi connectivity index (χ4n) is 1.65. The van der Waals surface area contributed by atoms with Crippen molar-refractivity contribution >= 4 is 31.6 Å². The summed E-state index contributed by atoms with van der Waals surface area (Å²) in [4.78, 5) is -0.0219. The molecule has 0 radical (unpaired) electrons. The summed E-state index contributed by atoms with van der Waals surface area (Å²) in [5.41, 5.74) is -0.0698. The molecular weight excluding hydrogens is 399 g/mol. The third-order valence-electron chi connectivity index (χ3n) is 2.65. The first-order chi connectivity index (χ1) is 10.7. The zero-order chi connectivity index (χ0) is 17.1. The Kier molecular flexibility index (Phi) is 5.20. The quantitative estimate of drug-likeness (QED) is 0.805. The molecule has 0 unspecified atom stereocenters. The van der Waals surface area contributed by atoms with Gasteiger partial charge in [0.05, 0.1) is 10.6 Å². The molecule has 4 nitrogen and oxygen atoms in total. The zero-order valence-corrected chi connectivity index (χ0v) is 13.9. The highest BCUT2D eigenvalue weighted by molar-refractivity contribution is 9.10. The van der Waals surface area contributed by atoms with E-state index >= 15 is 0 Å². The van der Waals surface area contributed by atoms with Crippen LogP contribution in [0.25, 0.3) is 0 Å². The molecule has 1 N–H and O–H groups in total. The second kappa shape index (κ2) is 6.79. The molecule has 0 aromatic heterocycles. The summed E-state index contributed by atoms with van der Waals surface area (Å²) in [6.45, 7) is -1.51. The summed E-state index contributed by atoms with van der Waals surface area (Å²) in [5, 5.41) is 0. The average Bonchev–Trinajstić information content (AvgIpc) is 2.45. The Hall–Kier alpha value is -1.74. The van der Waals surface area contributed by atoms with Crippen molar-refractivity contribution in [2.24, 2.45) is 0 Å². The van der Waals surface area contributed by atoms with E-state index in [1.165, 1.54) is 36.4 Å². The first-order valence-electron chi connectivity index (χ1n) is 6.24. The predicted molar refractivity (Wildman–Crippen MR) is 82.9 cm³/mol. The molecule has 0 fully saturated rings.